The summed E-state index contributed by atoms with van der Waals surface area (Å²) < 4.78 is 0. The van der Waals surface area contributed by atoms with E-state index in [1.54, 1.807) is 11.3 Å². The summed E-state index contributed by atoms with van der Waals surface area (Å²) in [5, 5.41) is 7.58. The summed E-state index contributed by atoms with van der Waals surface area (Å²) in [7, 11) is 0. The van der Waals surface area contributed by atoms with Crippen LogP contribution in [0.2, 0.25) is 0 Å². The standard InChI is InChI=1S/C16H27N3OS/c1-4-6-16(7-9-17-10-8-16)15(20)19-12(3)14-18-11-13(5-2)21-14/h11-12,17H,4-10H2,1-3H3,(H,19,20). The third kappa shape index (κ3) is 3.83. The van der Waals surface area contributed by atoms with E-state index in [4.69, 9.17) is 0 Å². The van der Waals surface area contributed by atoms with E-state index in [2.05, 4.69) is 29.5 Å². The van der Waals surface area contributed by atoms with Crippen molar-refractivity contribution in [1.82, 2.24) is 15.6 Å². The van der Waals surface area contributed by atoms with Crippen LogP contribution in [0.25, 0.3) is 0 Å². The van der Waals surface area contributed by atoms with Crippen molar-refractivity contribution in [2.24, 2.45) is 5.41 Å². The molecule has 2 rings (SSSR count). The van der Waals surface area contributed by atoms with Gasteiger partial charge in [-0.3, -0.25) is 4.79 Å². The number of hydrogen-bond acceptors (Lipinski definition) is 4. The first-order chi connectivity index (χ1) is 10.1. The lowest BCUT2D eigenvalue weighted by Crippen LogP contribution is -2.48. The number of thiazole rings is 1. The van der Waals surface area contributed by atoms with Crippen LogP contribution in [-0.2, 0) is 11.2 Å². The van der Waals surface area contributed by atoms with Gasteiger partial charge in [0, 0.05) is 11.1 Å². The van der Waals surface area contributed by atoms with E-state index in [-0.39, 0.29) is 17.4 Å². The van der Waals surface area contributed by atoms with Gasteiger partial charge in [-0.05, 0) is 45.7 Å². The number of nitrogens with zero attached hydrogens (tertiary/aromatic N) is 1. The number of carbonyl (C=O) groups excluding carboxylic acids is 1. The topological polar surface area (TPSA) is 54.0 Å². The fourth-order valence-electron chi connectivity index (χ4n) is 3.07. The van der Waals surface area contributed by atoms with Gasteiger partial charge >= 0.3 is 0 Å². The van der Waals surface area contributed by atoms with Crippen molar-refractivity contribution >= 4 is 17.2 Å². The van der Waals surface area contributed by atoms with E-state index in [1.165, 1.54) is 4.88 Å². The zero-order chi connectivity index (χ0) is 15.3. The number of aryl methyl sites for hydroxylation is 1. The second-order valence-electron chi connectivity index (χ2n) is 5.99. The van der Waals surface area contributed by atoms with Crippen molar-refractivity contribution in [3.63, 3.8) is 0 Å². The molecule has 4 nitrogen and oxygen atoms in total. The highest BCUT2D eigenvalue weighted by molar-refractivity contribution is 7.11. The van der Waals surface area contributed by atoms with E-state index in [1.807, 2.05) is 13.1 Å². The van der Waals surface area contributed by atoms with Gasteiger partial charge in [-0.2, -0.15) is 0 Å². The number of carbonyl (C=O) groups is 1. The number of aromatic nitrogens is 1. The quantitative estimate of drug-likeness (QED) is 0.849. The predicted molar refractivity (Wildman–Crippen MR) is 87.5 cm³/mol. The molecule has 1 fully saturated rings. The summed E-state index contributed by atoms with van der Waals surface area (Å²) in [5.41, 5.74) is -0.181. The van der Waals surface area contributed by atoms with Gasteiger partial charge < -0.3 is 10.6 Å². The summed E-state index contributed by atoms with van der Waals surface area (Å²) in [4.78, 5) is 18.5. The van der Waals surface area contributed by atoms with Gasteiger partial charge in [0.15, 0.2) is 0 Å². The van der Waals surface area contributed by atoms with Crippen LogP contribution < -0.4 is 10.6 Å². The van der Waals surface area contributed by atoms with Crippen molar-refractivity contribution in [3.05, 3.63) is 16.1 Å². The Balaban J connectivity index is 2.03. The van der Waals surface area contributed by atoms with Crippen molar-refractivity contribution in [3.8, 4) is 0 Å². The van der Waals surface area contributed by atoms with Crippen LogP contribution in [0.3, 0.4) is 0 Å². The van der Waals surface area contributed by atoms with Crippen molar-refractivity contribution in [2.75, 3.05) is 13.1 Å². The van der Waals surface area contributed by atoms with E-state index in [0.717, 1.165) is 50.2 Å². The molecule has 0 saturated carbocycles. The normalized spacial score (nSPS) is 19.2. The molecule has 1 amide bonds. The highest BCUT2D eigenvalue weighted by atomic mass is 32.1. The number of nitrogens with one attached hydrogen (secondary N) is 2. The first-order valence-corrected chi connectivity index (χ1v) is 8.89. The molecule has 1 aromatic heterocycles. The molecule has 0 radical (unpaired) electrons. The van der Waals surface area contributed by atoms with Gasteiger partial charge in [0.25, 0.3) is 0 Å². The number of rotatable bonds is 6. The summed E-state index contributed by atoms with van der Waals surface area (Å²) in [5.74, 6) is 0.214. The summed E-state index contributed by atoms with van der Waals surface area (Å²) in [6, 6.07) is 0.00594. The van der Waals surface area contributed by atoms with Gasteiger partial charge in [-0.15, -0.1) is 11.3 Å². The lowest BCUT2D eigenvalue weighted by atomic mass is 9.74. The Kier molecular flexibility index (Phi) is 5.76. The minimum Gasteiger partial charge on any atom is -0.347 e. The van der Waals surface area contributed by atoms with Crippen LogP contribution in [0.4, 0.5) is 0 Å². The Hall–Kier alpha value is -0.940. The highest BCUT2D eigenvalue weighted by Gasteiger charge is 2.39. The Labute approximate surface area is 131 Å². The largest absolute Gasteiger partial charge is 0.347 e. The number of hydrogen-bond donors (Lipinski definition) is 2. The van der Waals surface area contributed by atoms with Crippen molar-refractivity contribution in [2.45, 2.75) is 58.9 Å². The van der Waals surface area contributed by atoms with E-state index >= 15 is 0 Å². The Morgan fingerprint density at radius 3 is 2.76 bits per heavy atom. The molecule has 0 bridgehead atoms. The lowest BCUT2D eigenvalue weighted by Gasteiger charge is -2.36. The molecule has 0 aliphatic carbocycles. The van der Waals surface area contributed by atoms with Crippen LogP contribution in [0, 0.1) is 5.41 Å². The molecule has 0 aromatic carbocycles. The molecule has 1 unspecified atom stereocenters. The summed E-state index contributed by atoms with van der Waals surface area (Å²) >= 11 is 1.70. The van der Waals surface area contributed by atoms with Gasteiger partial charge in [-0.1, -0.05) is 20.3 Å². The average molecular weight is 309 g/mol. The molecule has 2 N–H and O–H groups in total. The van der Waals surface area contributed by atoms with E-state index in [9.17, 15) is 4.79 Å². The molecule has 1 atom stereocenters. The summed E-state index contributed by atoms with van der Waals surface area (Å²) in [6.07, 6.45) is 6.85. The smallest absolute Gasteiger partial charge is 0.226 e. The molecule has 0 spiro atoms. The summed E-state index contributed by atoms with van der Waals surface area (Å²) in [6.45, 7) is 8.22. The Morgan fingerprint density at radius 2 is 2.19 bits per heavy atom. The third-order valence-electron chi connectivity index (χ3n) is 4.41. The Bertz CT molecular complexity index is 460. The van der Waals surface area contributed by atoms with Gasteiger partial charge in [0.1, 0.15) is 5.01 Å². The molecule has 2 heterocycles. The number of amides is 1. The molecule has 21 heavy (non-hydrogen) atoms. The van der Waals surface area contributed by atoms with Crippen LogP contribution in [0.15, 0.2) is 6.20 Å². The molecule has 5 heteroatoms. The predicted octanol–water partition coefficient (Wildman–Crippen LogP) is 3.05. The monoisotopic (exact) mass is 309 g/mol. The highest BCUT2D eigenvalue weighted by Crippen LogP contribution is 2.35. The fraction of sp³-hybridized carbons (Fsp3) is 0.750. The third-order valence-corrected chi connectivity index (χ3v) is 5.73. The first kappa shape index (κ1) is 16.4. The minimum atomic E-state index is -0.181. The first-order valence-electron chi connectivity index (χ1n) is 8.07. The van der Waals surface area contributed by atoms with Crippen molar-refractivity contribution in [1.29, 1.82) is 0 Å². The molecule has 118 valence electrons. The molecule has 1 aliphatic heterocycles. The fourth-order valence-corrected chi connectivity index (χ4v) is 3.93. The van der Waals surface area contributed by atoms with Crippen LogP contribution in [0.5, 0.6) is 0 Å². The number of piperidine rings is 1. The maximum absolute atomic E-state index is 12.8. The molecule has 1 aromatic rings. The second kappa shape index (κ2) is 7.36. The maximum atomic E-state index is 12.8. The molecule has 1 saturated heterocycles. The zero-order valence-electron chi connectivity index (χ0n) is 13.4. The van der Waals surface area contributed by atoms with Crippen LogP contribution in [-0.4, -0.2) is 24.0 Å². The van der Waals surface area contributed by atoms with Crippen LogP contribution in [0.1, 0.15) is 62.4 Å². The van der Waals surface area contributed by atoms with Crippen molar-refractivity contribution < 1.29 is 4.79 Å². The SMILES string of the molecule is CCCC1(C(=O)NC(C)c2ncc(CC)s2)CCNCC1. The lowest BCUT2D eigenvalue weighted by molar-refractivity contribution is -0.133. The van der Waals surface area contributed by atoms with Crippen LogP contribution >= 0.6 is 11.3 Å². The van der Waals surface area contributed by atoms with E-state index in [0.29, 0.717) is 0 Å². The molecular weight excluding hydrogens is 282 g/mol. The maximum Gasteiger partial charge on any atom is 0.226 e. The molecular formula is C16H27N3OS. The average Bonchev–Trinajstić information content (AvgIpc) is 2.97. The Morgan fingerprint density at radius 1 is 1.48 bits per heavy atom. The van der Waals surface area contributed by atoms with Gasteiger partial charge in [0.05, 0.1) is 11.5 Å². The van der Waals surface area contributed by atoms with Gasteiger partial charge in [0.2, 0.25) is 5.91 Å². The zero-order valence-corrected chi connectivity index (χ0v) is 14.2. The van der Waals surface area contributed by atoms with E-state index < -0.39 is 0 Å². The molecule has 1 aliphatic rings. The van der Waals surface area contributed by atoms with Gasteiger partial charge in [-0.25, -0.2) is 4.98 Å². The minimum absolute atomic E-state index is 0.00594. The second-order valence-corrected chi connectivity index (χ2v) is 7.14.